The Morgan fingerprint density at radius 3 is 2.91 bits per heavy atom. The van der Waals surface area contributed by atoms with E-state index in [9.17, 15) is 9.18 Å². The molecule has 2 aliphatic heterocycles. The molecule has 1 aromatic rings. The molecule has 1 amide bonds. The maximum atomic E-state index is 14.8. The van der Waals surface area contributed by atoms with Gasteiger partial charge in [0.15, 0.2) is 6.04 Å². The largest absolute Gasteiger partial charge is 0.382 e. The van der Waals surface area contributed by atoms with Gasteiger partial charge in [-0.15, -0.1) is 0 Å². The summed E-state index contributed by atoms with van der Waals surface area (Å²) in [6.45, 7) is 3.73. The standard InChI is InChI=1S/C24H28BrFN4O3/c1-15-23-22(24(31)27-9-10-33-12-11-32-2)28-14-30(23)20-8-7-16(25)13-18(20)21(29-15)17-5-3-4-6-19(17)26/h3-8,14-16,22-23H,9-13H2,1-2H3,(H,27,31)/t15-,16?,22?,23?/m1/s1. The van der Waals surface area contributed by atoms with Crippen molar-refractivity contribution in [3.63, 3.8) is 0 Å². The minimum atomic E-state index is -0.619. The number of carbonyl (C=O) groups is 1. The number of ether oxygens (including phenoxy) is 2. The number of alkyl halides is 1. The molecule has 0 saturated heterocycles. The molecule has 1 aliphatic carbocycles. The van der Waals surface area contributed by atoms with Crippen LogP contribution in [0.1, 0.15) is 18.9 Å². The molecule has 4 rings (SSSR count). The molecule has 0 fully saturated rings. The first-order valence-electron chi connectivity index (χ1n) is 11.1. The van der Waals surface area contributed by atoms with Gasteiger partial charge in [0, 0.05) is 35.3 Å². The summed E-state index contributed by atoms with van der Waals surface area (Å²) >= 11 is 3.66. The molecule has 0 bridgehead atoms. The average molecular weight is 519 g/mol. The van der Waals surface area contributed by atoms with Crippen molar-refractivity contribution in [3.05, 3.63) is 59.1 Å². The lowest BCUT2D eigenvalue weighted by atomic mass is 9.92. The maximum Gasteiger partial charge on any atom is 0.247 e. The molecule has 176 valence electrons. The number of methoxy groups -OCH3 is 1. The van der Waals surface area contributed by atoms with Crippen molar-refractivity contribution in [2.24, 2.45) is 9.98 Å². The second-order valence-corrected chi connectivity index (χ2v) is 9.32. The molecule has 0 spiro atoms. The minimum Gasteiger partial charge on any atom is -0.382 e. The van der Waals surface area contributed by atoms with E-state index in [1.165, 1.54) is 6.07 Å². The highest BCUT2D eigenvalue weighted by Gasteiger charge is 2.43. The van der Waals surface area contributed by atoms with Crippen LogP contribution in [0, 0.1) is 5.82 Å². The fraction of sp³-hybridized carbons (Fsp3) is 0.458. The smallest absolute Gasteiger partial charge is 0.247 e. The third kappa shape index (κ3) is 5.10. The molecule has 0 aromatic heterocycles. The van der Waals surface area contributed by atoms with E-state index in [2.05, 4.69) is 32.3 Å². The maximum absolute atomic E-state index is 14.8. The van der Waals surface area contributed by atoms with Crippen LogP contribution in [0.5, 0.6) is 0 Å². The van der Waals surface area contributed by atoms with Gasteiger partial charge in [-0.1, -0.05) is 34.1 Å². The fourth-order valence-corrected chi connectivity index (χ4v) is 4.84. The number of nitrogens with one attached hydrogen (secondary N) is 1. The van der Waals surface area contributed by atoms with Crippen LogP contribution in [0.15, 0.2) is 57.7 Å². The topological polar surface area (TPSA) is 75.5 Å². The SMILES string of the molecule is COCCOCCNC(=O)C1N=CN2C3=C(CC(Br)C=C3)C(c3ccccc3F)=N[C@H](C)C12. The van der Waals surface area contributed by atoms with Gasteiger partial charge in [-0.2, -0.15) is 0 Å². The number of carbonyl (C=O) groups excluding carboxylic acids is 1. The van der Waals surface area contributed by atoms with E-state index in [0.29, 0.717) is 44.1 Å². The van der Waals surface area contributed by atoms with E-state index >= 15 is 0 Å². The van der Waals surface area contributed by atoms with E-state index in [1.54, 1.807) is 25.6 Å². The molecule has 3 unspecified atom stereocenters. The Morgan fingerprint density at radius 1 is 1.30 bits per heavy atom. The number of amides is 1. The van der Waals surface area contributed by atoms with E-state index in [1.807, 2.05) is 24.0 Å². The molecule has 4 atom stereocenters. The number of nitrogens with zero attached hydrogens (tertiary/aromatic N) is 3. The van der Waals surface area contributed by atoms with Crippen LogP contribution in [0.2, 0.25) is 0 Å². The van der Waals surface area contributed by atoms with E-state index < -0.39 is 6.04 Å². The first-order valence-corrected chi connectivity index (χ1v) is 12.0. The van der Waals surface area contributed by atoms with Crippen LogP contribution < -0.4 is 5.32 Å². The van der Waals surface area contributed by atoms with E-state index in [4.69, 9.17) is 14.5 Å². The molecule has 0 radical (unpaired) electrons. The Hall–Kier alpha value is -2.36. The summed E-state index contributed by atoms with van der Waals surface area (Å²) in [5.74, 6) is -0.486. The van der Waals surface area contributed by atoms with Gasteiger partial charge in [-0.25, -0.2) is 4.39 Å². The molecular formula is C24H28BrFN4O3. The highest BCUT2D eigenvalue weighted by atomic mass is 79.9. The fourth-order valence-electron chi connectivity index (χ4n) is 4.36. The normalized spacial score (nSPS) is 26.1. The van der Waals surface area contributed by atoms with Crippen molar-refractivity contribution in [2.45, 2.75) is 36.3 Å². The molecule has 7 nitrogen and oxygen atoms in total. The molecule has 9 heteroatoms. The zero-order chi connectivity index (χ0) is 23.4. The molecule has 33 heavy (non-hydrogen) atoms. The summed E-state index contributed by atoms with van der Waals surface area (Å²) in [6.07, 6.45) is 6.45. The summed E-state index contributed by atoms with van der Waals surface area (Å²) in [7, 11) is 1.61. The zero-order valence-corrected chi connectivity index (χ0v) is 20.3. The number of hydrogen-bond acceptors (Lipinski definition) is 6. The van der Waals surface area contributed by atoms with Crippen LogP contribution in [0.25, 0.3) is 0 Å². The van der Waals surface area contributed by atoms with Crippen LogP contribution in [-0.4, -0.2) is 79.3 Å². The molecule has 2 heterocycles. The molecule has 3 aliphatic rings. The Kier molecular flexibility index (Phi) is 7.72. The number of aliphatic imine (C=N–C) groups is 2. The Bertz CT molecular complexity index is 1010. The van der Waals surface area contributed by atoms with Gasteiger partial charge < -0.3 is 19.7 Å². The highest BCUT2D eigenvalue weighted by molar-refractivity contribution is 9.09. The molecule has 1 aromatic carbocycles. The van der Waals surface area contributed by atoms with Crippen LogP contribution >= 0.6 is 15.9 Å². The van der Waals surface area contributed by atoms with Crippen LogP contribution in [0.4, 0.5) is 4.39 Å². The molecule has 0 saturated carbocycles. The van der Waals surface area contributed by atoms with Gasteiger partial charge in [-0.05, 0) is 31.6 Å². The molecular weight excluding hydrogens is 491 g/mol. The van der Waals surface area contributed by atoms with Crippen molar-refractivity contribution in [1.82, 2.24) is 10.2 Å². The van der Waals surface area contributed by atoms with Gasteiger partial charge in [0.1, 0.15) is 5.82 Å². The number of halogens is 2. The number of fused-ring (bicyclic) bond motifs is 2. The average Bonchev–Trinajstić information content (AvgIpc) is 3.21. The third-order valence-corrected chi connectivity index (χ3v) is 6.56. The first-order chi connectivity index (χ1) is 16.0. The predicted molar refractivity (Wildman–Crippen MR) is 130 cm³/mol. The first kappa shape index (κ1) is 23.8. The second-order valence-electron chi connectivity index (χ2n) is 8.14. The van der Waals surface area contributed by atoms with Gasteiger partial charge in [0.2, 0.25) is 5.91 Å². The predicted octanol–water partition coefficient (Wildman–Crippen LogP) is 2.85. The third-order valence-electron chi connectivity index (χ3n) is 5.93. The number of benzene rings is 1. The van der Waals surface area contributed by atoms with Crippen molar-refractivity contribution < 1.29 is 18.7 Å². The van der Waals surface area contributed by atoms with Gasteiger partial charge in [0.05, 0.1) is 44.0 Å². The summed E-state index contributed by atoms with van der Waals surface area (Å²) in [4.78, 5) is 24.6. The second kappa shape index (κ2) is 10.7. The van der Waals surface area contributed by atoms with Crippen molar-refractivity contribution in [1.29, 1.82) is 0 Å². The molecule has 1 N–H and O–H groups in total. The van der Waals surface area contributed by atoms with Crippen LogP contribution in [0.3, 0.4) is 0 Å². The van der Waals surface area contributed by atoms with E-state index in [0.717, 1.165) is 11.3 Å². The lowest BCUT2D eigenvalue weighted by molar-refractivity contribution is -0.123. The summed E-state index contributed by atoms with van der Waals surface area (Å²) in [5, 5.41) is 2.91. The highest BCUT2D eigenvalue weighted by Crippen LogP contribution is 2.36. The quantitative estimate of drug-likeness (QED) is 0.424. The van der Waals surface area contributed by atoms with Crippen molar-refractivity contribution in [3.8, 4) is 0 Å². The van der Waals surface area contributed by atoms with Crippen LogP contribution in [-0.2, 0) is 14.3 Å². The number of rotatable bonds is 8. The van der Waals surface area contributed by atoms with Crippen molar-refractivity contribution >= 4 is 33.9 Å². The number of hydrogen-bond donors (Lipinski definition) is 1. The Labute approximate surface area is 201 Å². The Balaban J connectivity index is 1.59. The summed E-state index contributed by atoms with van der Waals surface area (Å²) < 4.78 is 25.1. The van der Waals surface area contributed by atoms with Gasteiger partial charge in [-0.3, -0.25) is 14.8 Å². The lowest BCUT2D eigenvalue weighted by Gasteiger charge is -2.31. The zero-order valence-electron chi connectivity index (χ0n) is 18.7. The monoisotopic (exact) mass is 518 g/mol. The van der Waals surface area contributed by atoms with Crippen molar-refractivity contribution in [2.75, 3.05) is 33.5 Å². The summed E-state index contributed by atoms with van der Waals surface area (Å²) in [6, 6.07) is 5.48. The summed E-state index contributed by atoms with van der Waals surface area (Å²) in [5.41, 5.74) is 2.96. The van der Waals surface area contributed by atoms with Gasteiger partial charge >= 0.3 is 0 Å². The number of allylic oxidation sites excluding steroid dienone is 3. The lowest BCUT2D eigenvalue weighted by Crippen LogP contribution is -2.49. The minimum absolute atomic E-state index is 0.122. The Morgan fingerprint density at radius 2 is 2.12 bits per heavy atom. The van der Waals surface area contributed by atoms with Gasteiger partial charge in [0.25, 0.3) is 0 Å². The van der Waals surface area contributed by atoms with E-state index in [-0.39, 0.29) is 28.6 Å².